The quantitative estimate of drug-likeness (QED) is 0.917. The first-order valence-corrected chi connectivity index (χ1v) is 6.64. The van der Waals surface area contributed by atoms with Crippen LogP contribution in [0.5, 0.6) is 0 Å². The SMILES string of the molecule is Cn1nncc1CN1C[C@@H](O)C[C@H]1c1ccc(F)cc1. The van der Waals surface area contributed by atoms with E-state index in [9.17, 15) is 9.50 Å². The number of benzene rings is 1. The first-order valence-electron chi connectivity index (χ1n) is 6.64. The lowest BCUT2D eigenvalue weighted by molar-refractivity contribution is 0.171. The number of likely N-dealkylation sites (tertiary alicyclic amines) is 1. The first kappa shape index (κ1) is 13.2. The Kier molecular flexibility index (Phi) is 3.50. The summed E-state index contributed by atoms with van der Waals surface area (Å²) in [5.74, 6) is -0.241. The van der Waals surface area contributed by atoms with E-state index < -0.39 is 0 Å². The molecule has 1 aliphatic heterocycles. The van der Waals surface area contributed by atoms with Crippen LogP contribution in [0.25, 0.3) is 0 Å². The summed E-state index contributed by atoms with van der Waals surface area (Å²) in [5.41, 5.74) is 2.02. The Hall–Kier alpha value is -1.79. The predicted octanol–water partition coefficient (Wildman–Crippen LogP) is 1.26. The highest BCUT2D eigenvalue weighted by molar-refractivity contribution is 5.21. The molecule has 1 saturated heterocycles. The maximum atomic E-state index is 13.0. The number of nitrogens with zero attached hydrogens (tertiary/aromatic N) is 4. The minimum Gasteiger partial charge on any atom is -0.392 e. The Bertz CT molecular complexity index is 583. The number of rotatable bonds is 3. The van der Waals surface area contributed by atoms with E-state index in [0.29, 0.717) is 19.5 Å². The zero-order valence-electron chi connectivity index (χ0n) is 11.3. The number of hydrogen-bond acceptors (Lipinski definition) is 4. The van der Waals surface area contributed by atoms with Gasteiger partial charge in [-0.2, -0.15) is 0 Å². The summed E-state index contributed by atoms with van der Waals surface area (Å²) in [6.07, 6.45) is 2.04. The summed E-state index contributed by atoms with van der Waals surface area (Å²) < 4.78 is 14.8. The monoisotopic (exact) mass is 276 g/mol. The minimum absolute atomic E-state index is 0.0977. The van der Waals surface area contributed by atoms with Crippen LogP contribution in [0.2, 0.25) is 0 Å². The van der Waals surface area contributed by atoms with Crippen molar-refractivity contribution in [2.45, 2.75) is 25.1 Å². The fourth-order valence-electron chi connectivity index (χ4n) is 2.75. The van der Waals surface area contributed by atoms with Gasteiger partial charge in [-0.1, -0.05) is 17.3 Å². The molecule has 0 aliphatic carbocycles. The Labute approximate surface area is 116 Å². The van der Waals surface area contributed by atoms with E-state index in [1.165, 1.54) is 12.1 Å². The number of hydrogen-bond donors (Lipinski definition) is 1. The van der Waals surface area contributed by atoms with Gasteiger partial charge in [-0.05, 0) is 24.1 Å². The van der Waals surface area contributed by atoms with Crippen molar-refractivity contribution in [2.24, 2.45) is 7.05 Å². The van der Waals surface area contributed by atoms with Gasteiger partial charge in [-0.15, -0.1) is 5.10 Å². The van der Waals surface area contributed by atoms with Gasteiger partial charge >= 0.3 is 0 Å². The van der Waals surface area contributed by atoms with Crippen molar-refractivity contribution >= 4 is 0 Å². The van der Waals surface area contributed by atoms with Gasteiger partial charge in [0.1, 0.15) is 5.82 Å². The summed E-state index contributed by atoms with van der Waals surface area (Å²) in [7, 11) is 1.85. The van der Waals surface area contributed by atoms with Gasteiger partial charge in [-0.3, -0.25) is 9.58 Å². The molecule has 2 aromatic rings. The normalized spacial score (nSPS) is 23.4. The largest absolute Gasteiger partial charge is 0.392 e. The second-order valence-corrected chi connectivity index (χ2v) is 5.24. The number of β-amino-alcohol motifs (C(OH)–C–C–N with tert-alkyl or cyclic N) is 1. The van der Waals surface area contributed by atoms with Crippen molar-refractivity contribution in [3.63, 3.8) is 0 Å². The topological polar surface area (TPSA) is 54.2 Å². The minimum atomic E-state index is -0.355. The van der Waals surface area contributed by atoms with E-state index in [1.807, 2.05) is 7.05 Å². The molecule has 1 aromatic heterocycles. The number of aliphatic hydroxyl groups excluding tert-OH is 1. The lowest BCUT2D eigenvalue weighted by Gasteiger charge is -2.24. The zero-order valence-corrected chi connectivity index (χ0v) is 11.3. The van der Waals surface area contributed by atoms with Gasteiger partial charge in [0.05, 0.1) is 18.0 Å². The Morgan fingerprint density at radius 1 is 1.35 bits per heavy atom. The first-order chi connectivity index (χ1) is 9.63. The molecule has 0 radical (unpaired) electrons. The summed E-state index contributed by atoms with van der Waals surface area (Å²) in [5, 5.41) is 17.7. The van der Waals surface area contributed by atoms with Gasteiger partial charge in [0.15, 0.2) is 0 Å². The average molecular weight is 276 g/mol. The van der Waals surface area contributed by atoms with Crippen LogP contribution in [0.3, 0.4) is 0 Å². The maximum absolute atomic E-state index is 13.0. The van der Waals surface area contributed by atoms with E-state index in [1.54, 1.807) is 23.0 Å². The molecule has 0 spiro atoms. The fraction of sp³-hybridized carbons (Fsp3) is 0.429. The Morgan fingerprint density at radius 3 is 2.75 bits per heavy atom. The van der Waals surface area contributed by atoms with Crippen LogP contribution in [0.4, 0.5) is 4.39 Å². The Balaban J connectivity index is 1.81. The molecule has 1 aromatic carbocycles. The molecular formula is C14H17FN4O. The third kappa shape index (κ3) is 2.57. The lowest BCUT2D eigenvalue weighted by Crippen LogP contribution is -2.25. The average Bonchev–Trinajstić information content (AvgIpc) is 2.98. The molecule has 1 N–H and O–H groups in total. The number of halogens is 1. The fourth-order valence-corrected chi connectivity index (χ4v) is 2.75. The molecule has 106 valence electrons. The molecule has 0 saturated carbocycles. The van der Waals surface area contributed by atoms with Crippen LogP contribution in [0.15, 0.2) is 30.5 Å². The van der Waals surface area contributed by atoms with E-state index in [0.717, 1.165) is 11.3 Å². The van der Waals surface area contributed by atoms with Crippen molar-refractivity contribution in [3.05, 3.63) is 47.5 Å². The molecule has 0 bridgehead atoms. The summed E-state index contributed by atoms with van der Waals surface area (Å²) in [6, 6.07) is 6.59. The van der Waals surface area contributed by atoms with E-state index in [-0.39, 0.29) is 18.0 Å². The molecule has 2 heterocycles. The van der Waals surface area contributed by atoms with E-state index >= 15 is 0 Å². The standard InChI is InChI=1S/C14H17FN4O/c1-18-12(7-16-17-18)8-19-9-13(20)6-14(19)10-2-4-11(15)5-3-10/h2-5,7,13-14,20H,6,8-9H2,1H3/t13-,14-/m0/s1. The van der Waals surface area contributed by atoms with E-state index in [2.05, 4.69) is 15.2 Å². The van der Waals surface area contributed by atoms with Crippen molar-refractivity contribution < 1.29 is 9.50 Å². The molecule has 20 heavy (non-hydrogen) atoms. The molecule has 0 unspecified atom stereocenters. The number of aromatic nitrogens is 3. The molecule has 2 atom stereocenters. The summed E-state index contributed by atoms with van der Waals surface area (Å²) >= 11 is 0. The molecule has 5 nitrogen and oxygen atoms in total. The van der Waals surface area contributed by atoms with Gasteiger partial charge < -0.3 is 5.11 Å². The van der Waals surface area contributed by atoms with Crippen LogP contribution in [0.1, 0.15) is 23.7 Å². The number of aryl methyl sites for hydroxylation is 1. The summed E-state index contributed by atoms with van der Waals surface area (Å²) in [6.45, 7) is 1.27. The van der Waals surface area contributed by atoms with Crippen LogP contribution in [-0.2, 0) is 13.6 Å². The third-order valence-corrected chi connectivity index (χ3v) is 3.81. The zero-order chi connectivity index (χ0) is 14.1. The van der Waals surface area contributed by atoms with Crippen molar-refractivity contribution in [1.82, 2.24) is 19.9 Å². The van der Waals surface area contributed by atoms with Crippen molar-refractivity contribution in [3.8, 4) is 0 Å². The third-order valence-electron chi connectivity index (χ3n) is 3.81. The molecule has 6 heteroatoms. The van der Waals surface area contributed by atoms with Crippen LogP contribution in [0, 0.1) is 5.82 Å². The number of aliphatic hydroxyl groups is 1. The maximum Gasteiger partial charge on any atom is 0.123 e. The molecule has 3 rings (SSSR count). The van der Waals surface area contributed by atoms with Gasteiger partial charge in [0.25, 0.3) is 0 Å². The highest BCUT2D eigenvalue weighted by atomic mass is 19.1. The molecule has 1 aliphatic rings. The molecule has 1 fully saturated rings. The second-order valence-electron chi connectivity index (χ2n) is 5.24. The lowest BCUT2D eigenvalue weighted by atomic mass is 10.0. The second kappa shape index (κ2) is 5.30. The van der Waals surface area contributed by atoms with Crippen LogP contribution >= 0.6 is 0 Å². The smallest absolute Gasteiger partial charge is 0.123 e. The van der Waals surface area contributed by atoms with Gasteiger partial charge in [0, 0.05) is 26.2 Å². The molecule has 0 amide bonds. The van der Waals surface area contributed by atoms with E-state index in [4.69, 9.17) is 0 Å². The van der Waals surface area contributed by atoms with Crippen molar-refractivity contribution in [1.29, 1.82) is 0 Å². The highest BCUT2D eigenvalue weighted by Gasteiger charge is 2.32. The highest BCUT2D eigenvalue weighted by Crippen LogP contribution is 2.33. The molecular weight excluding hydrogens is 259 g/mol. The van der Waals surface area contributed by atoms with Gasteiger partial charge in [0.2, 0.25) is 0 Å². The summed E-state index contributed by atoms with van der Waals surface area (Å²) in [4.78, 5) is 2.18. The van der Waals surface area contributed by atoms with Gasteiger partial charge in [-0.25, -0.2) is 4.39 Å². The predicted molar refractivity (Wildman–Crippen MR) is 71.2 cm³/mol. The van der Waals surface area contributed by atoms with Crippen molar-refractivity contribution in [2.75, 3.05) is 6.54 Å². The van der Waals surface area contributed by atoms with Crippen LogP contribution in [-0.4, -0.2) is 37.6 Å². The Morgan fingerprint density at radius 2 is 2.10 bits per heavy atom. The van der Waals surface area contributed by atoms with Crippen LogP contribution < -0.4 is 0 Å².